The van der Waals surface area contributed by atoms with Crippen molar-refractivity contribution in [1.29, 1.82) is 0 Å². The molecule has 0 aliphatic carbocycles. The maximum Gasteiger partial charge on any atom is 0.407 e. The van der Waals surface area contributed by atoms with Gasteiger partial charge in [-0.05, 0) is 25.3 Å². The molecule has 1 aromatic rings. The van der Waals surface area contributed by atoms with Crippen LogP contribution in [0.1, 0.15) is 18.9 Å². The van der Waals surface area contributed by atoms with Crippen LogP contribution in [-0.2, 0) is 11.2 Å². The van der Waals surface area contributed by atoms with E-state index in [0.29, 0.717) is 0 Å². The van der Waals surface area contributed by atoms with Gasteiger partial charge < -0.3 is 15.2 Å². The van der Waals surface area contributed by atoms with Crippen molar-refractivity contribution in [1.82, 2.24) is 5.32 Å². The van der Waals surface area contributed by atoms with E-state index < -0.39 is 6.09 Å². The summed E-state index contributed by atoms with van der Waals surface area (Å²) in [6.45, 7) is 1.83. The first-order chi connectivity index (χ1) is 8.22. The Morgan fingerprint density at radius 1 is 1.41 bits per heavy atom. The number of benzene rings is 1. The fourth-order valence-corrected chi connectivity index (χ4v) is 1.48. The lowest BCUT2D eigenvalue weighted by atomic mass is 10.1. The van der Waals surface area contributed by atoms with Gasteiger partial charge in [-0.25, -0.2) is 4.79 Å². The Hall–Kier alpha value is -1.55. The average molecular weight is 237 g/mol. The molecule has 0 saturated heterocycles. The van der Waals surface area contributed by atoms with Crippen molar-refractivity contribution in [2.45, 2.75) is 25.8 Å². The molecule has 0 aromatic heterocycles. The summed E-state index contributed by atoms with van der Waals surface area (Å²) in [4.78, 5) is 11.2. The molecule has 1 unspecified atom stereocenters. The number of aliphatic hydroxyl groups excluding tert-OH is 1. The van der Waals surface area contributed by atoms with E-state index in [0.717, 1.165) is 12.8 Å². The second-order valence-electron chi connectivity index (χ2n) is 3.93. The van der Waals surface area contributed by atoms with Crippen molar-refractivity contribution in [3.63, 3.8) is 0 Å². The van der Waals surface area contributed by atoms with Crippen LogP contribution in [-0.4, -0.2) is 30.5 Å². The normalized spacial score (nSPS) is 11.9. The zero-order valence-electron chi connectivity index (χ0n) is 10.1. The fourth-order valence-electron chi connectivity index (χ4n) is 1.48. The van der Waals surface area contributed by atoms with Crippen LogP contribution in [0.25, 0.3) is 0 Å². The third kappa shape index (κ3) is 5.92. The zero-order valence-corrected chi connectivity index (χ0v) is 10.1. The quantitative estimate of drug-likeness (QED) is 0.792. The number of carbonyl (C=O) groups is 1. The molecule has 0 heterocycles. The Balaban J connectivity index is 2.21. The molecule has 0 fully saturated rings. The molecule has 0 spiro atoms. The molecule has 94 valence electrons. The molecule has 2 N–H and O–H groups in total. The second-order valence-corrected chi connectivity index (χ2v) is 3.93. The molecule has 0 saturated carbocycles. The summed E-state index contributed by atoms with van der Waals surface area (Å²) in [5.74, 6) is 0. The predicted molar refractivity (Wildman–Crippen MR) is 65.8 cm³/mol. The van der Waals surface area contributed by atoms with Gasteiger partial charge in [0, 0.05) is 6.04 Å². The molecule has 17 heavy (non-hydrogen) atoms. The van der Waals surface area contributed by atoms with Crippen LogP contribution in [0.4, 0.5) is 4.79 Å². The highest BCUT2D eigenvalue weighted by Crippen LogP contribution is 2.04. The number of aliphatic hydroxyl groups is 1. The Morgan fingerprint density at radius 3 is 2.76 bits per heavy atom. The minimum Gasteiger partial charge on any atom is -0.447 e. The highest BCUT2D eigenvalue weighted by molar-refractivity contribution is 5.67. The number of nitrogens with one attached hydrogen (secondary N) is 1. The van der Waals surface area contributed by atoms with Gasteiger partial charge in [-0.1, -0.05) is 30.3 Å². The molecule has 0 bridgehead atoms. The van der Waals surface area contributed by atoms with E-state index in [1.807, 2.05) is 25.1 Å². The number of ether oxygens (including phenoxy) is 1. The van der Waals surface area contributed by atoms with E-state index in [2.05, 4.69) is 17.4 Å². The van der Waals surface area contributed by atoms with Crippen LogP contribution < -0.4 is 5.32 Å². The lowest BCUT2D eigenvalue weighted by molar-refractivity contribution is 0.116. The zero-order chi connectivity index (χ0) is 12.5. The van der Waals surface area contributed by atoms with Crippen LogP contribution in [0.15, 0.2) is 30.3 Å². The smallest absolute Gasteiger partial charge is 0.407 e. The average Bonchev–Trinajstić information content (AvgIpc) is 2.35. The van der Waals surface area contributed by atoms with Crippen molar-refractivity contribution in [2.24, 2.45) is 0 Å². The number of alkyl carbamates (subject to hydrolysis) is 1. The number of amides is 1. The first-order valence-electron chi connectivity index (χ1n) is 5.80. The minimum absolute atomic E-state index is 0.0389. The molecule has 4 heteroatoms. The van der Waals surface area contributed by atoms with Crippen molar-refractivity contribution >= 4 is 6.09 Å². The Kier molecular flexibility index (Phi) is 6.10. The third-order valence-corrected chi connectivity index (χ3v) is 2.40. The SMILES string of the molecule is CC(CCc1ccccc1)NC(=O)OCCO. The van der Waals surface area contributed by atoms with E-state index in [1.54, 1.807) is 0 Å². The number of aryl methyl sites for hydroxylation is 1. The molecule has 1 aromatic carbocycles. The maximum atomic E-state index is 11.2. The standard InChI is InChI=1S/C13H19NO3/c1-11(14-13(16)17-10-9-15)7-8-12-5-3-2-4-6-12/h2-6,11,15H,7-10H2,1H3,(H,14,16). The molecule has 0 aliphatic rings. The lowest BCUT2D eigenvalue weighted by Crippen LogP contribution is -2.33. The molecule has 0 aliphatic heterocycles. The predicted octanol–water partition coefficient (Wildman–Crippen LogP) is 1.73. The van der Waals surface area contributed by atoms with Gasteiger partial charge in [-0.2, -0.15) is 0 Å². The Morgan fingerprint density at radius 2 is 2.12 bits per heavy atom. The van der Waals surface area contributed by atoms with Crippen molar-refractivity contribution < 1.29 is 14.6 Å². The summed E-state index contributed by atoms with van der Waals surface area (Å²) in [7, 11) is 0. The molecule has 1 rings (SSSR count). The highest BCUT2D eigenvalue weighted by atomic mass is 16.6. The van der Waals surface area contributed by atoms with Crippen LogP contribution >= 0.6 is 0 Å². The third-order valence-electron chi connectivity index (χ3n) is 2.40. The summed E-state index contributed by atoms with van der Waals surface area (Å²) in [5, 5.41) is 11.2. The van der Waals surface area contributed by atoms with Crippen LogP contribution in [0, 0.1) is 0 Å². The first-order valence-corrected chi connectivity index (χ1v) is 5.80. The summed E-state index contributed by atoms with van der Waals surface area (Å²) < 4.78 is 4.71. The largest absolute Gasteiger partial charge is 0.447 e. The van der Waals surface area contributed by atoms with Gasteiger partial charge in [0.25, 0.3) is 0 Å². The van der Waals surface area contributed by atoms with Gasteiger partial charge in [0.2, 0.25) is 0 Å². The van der Waals surface area contributed by atoms with Crippen molar-refractivity contribution in [3.8, 4) is 0 Å². The van der Waals surface area contributed by atoms with E-state index >= 15 is 0 Å². The van der Waals surface area contributed by atoms with Gasteiger partial charge in [0.1, 0.15) is 6.61 Å². The summed E-state index contributed by atoms with van der Waals surface area (Å²) in [6, 6.07) is 10.2. The van der Waals surface area contributed by atoms with Gasteiger partial charge in [0.05, 0.1) is 6.61 Å². The Bertz CT molecular complexity index is 327. The van der Waals surface area contributed by atoms with Gasteiger partial charge in [-0.3, -0.25) is 0 Å². The van der Waals surface area contributed by atoms with E-state index in [-0.39, 0.29) is 19.3 Å². The topological polar surface area (TPSA) is 58.6 Å². The molecule has 1 amide bonds. The van der Waals surface area contributed by atoms with Crippen LogP contribution in [0.3, 0.4) is 0 Å². The lowest BCUT2D eigenvalue weighted by Gasteiger charge is -2.13. The Labute approximate surface area is 102 Å². The summed E-state index contributed by atoms with van der Waals surface area (Å²) in [6.07, 6.45) is 1.31. The maximum absolute atomic E-state index is 11.2. The van der Waals surface area contributed by atoms with Crippen molar-refractivity contribution in [2.75, 3.05) is 13.2 Å². The molecule has 4 nitrogen and oxygen atoms in total. The van der Waals surface area contributed by atoms with Gasteiger partial charge >= 0.3 is 6.09 Å². The molecule has 1 atom stereocenters. The number of rotatable bonds is 6. The van der Waals surface area contributed by atoms with Gasteiger partial charge in [-0.15, -0.1) is 0 Å². The summed E-state index contributed by atoms with van der Waals surface area (Å²) in [5.41, 5.74) is 1.25. The van der Waals surface area contributed by atoms with E-state index in [9.17, 15) is 4.79 Å². The second kappa shape index (κ2) is 7.68. The summed E-state index contributed by atoms with van der Waals surface area (Å²) >= 11 is 0. The van der Waals surface area contributed by atoms with Crippen LogP contribution in [0.5, 0.6) is 0 Å². The van der Waals surface area contributed by atoms with Crippen LogP contribution in [0.2, 0.25) is 0 Å². The molecular weight excluding hydrogens is 218 g/mol. The van der Waals surface area contributed by atoms with Gasteiger partial charge in [0.15, 0.2) is 0 Å². The highest BCUT2D eigenvalue weighted by Gasteiger charge is 2.07. The number of hydrogen-bond acceptors (Lipinski definition) is 3. The molecule has 0 radical (unpaired) electrons. The number of carbonyl (C=O) groups excluding carboxylic acids is 1. The number of hydrogen-bond donors (Lipinski definition) is 2. The van der Waals surface area contributed by atoms with Crippen molar-refractivity contribution in [3.05, 3.63) is 35.9 Å². The molecular formula is C13H19NO3. The minimum atomic E-state index is -0.473. The van der Waals surface area contributed by atoms with E-state index in [4.69, 9.17) is 9.84 Å². The monoisotopic (exact) mass is 237 g/mol. The fraction of sp³-hybridized carbons (Fsp3) is 0.462. The first kappa shape index (κ1) is 13.5. The van der Waals surface area contributed by atoms with E-state index in [1.165, 1.54) is 5.56 Å².